The van der Waals surface area contributed by atoms with Crippen LogP contribution in [0.25, 0.3) is 0 Å². The van der Waals surface area contributed by atoms with E-state index in [0.717, 1.165) is 3.57 Å². The van der Waals surface area contributed by atoms with Crippen LogP contribution in [0.5, 0.6) is 5.75 Å². The first-order valence-corrected chi connectivity index (χ1v) is 11.0. The van der Waals surface area contributed by atoms with Gasteiger partial charge in [-0.15, -0.1) is 0 Å². The van der Waals surface area contributed by atoms with E-state index in [1.54, 1.807) is 19.9 Å². The maximum atomic E-state index is 12.6. The van der Waals surface area contributed by atoms with Crippen LogP contribution in [-0.4, -0.2) is 53.2 Å². The second-order valence-electron chi connectivity index (χ2n) is 6.68. The zero-order valence-corrected chi connectivity index (χ0v) is 20.1. The number of rotatable bonds is 11. The number of ketones is 1. The molecule has 0 aromatic heterocycles. The Bertz CT molecular complexity index is 771. The minimum Gasteiger partial charge on any atom is -0.496 e. The predicted octanol–water partition coefficient (Wildman–Crippen LogP) is 1.91. The summed E-state index contributed by atoms with van der Waals surface area (Å²) in [4.78, 5) is 48.1. The number of methoxy groups -OCH3 is 1. The monoisotopic (exact) mass is 580 g/mol. The molecule has 0 fully saturated rings. The van der Waals surface area contributed by atoms with E-state index < -0.39 is 36.2 Å². The van der Waals surface area contributed by atoms with Crippen molar-refractivity contribution in [2.75, 3.05) is 12.4 Å². The van der Waals surface area contributed by atoms with Gasteiger partial charge in [-0.1, -0.05) is 29.8 Å². The SMILES string of the molecule is COc1ccc([125I])cc1CC(=O)N[C@H](C(=O)NC(CC(=O)O)C(=O)CBr)C(C)C. The van der Waals surface area contributed by atoms with Crippen molar-refractivity contribution in [2.45, 2.75) is 38.8 Å². The smallest absolute Gasteiger partial charge is 0.305 e. The summed E-state index contributed by atoms with van der Waals surface area (Å²) in [5, 5.41) is 14.0. The minimum atomic E-state index is -1.21. The lowest BCUT2D eigenvalue weighted by Crippen LogP contribution is -2.54. The van der Waals surface area contributed by atoms with Gasteiger partial charge >= 0.3 is 5.97 Å². The highest BCUT2D eigenvalue weighted by molar-refractivity contribution is 14.1. The standard InChI is InChI=1S/C19H24BrIN2O6/c1-10(2)18(19(28)22-13(8-17(26)27)14(24)9-20)23-16(25)7-11-6-12(21)4-5-15(11)29-3/h4-6,10,13,18H,7-9H2,1-3H3,(H,22,28)(H,23,25)(H,26,27)/t13?,18-/m0/s1/i21-2. The van der Waals surface area contributed by atoms with Crippen molar-refractivity contribution in [3.05, 3.63) is 27.3 Å². The van der Waals surface area contributed by atoms with Crippen LogP contribution in [-0.2, 0) is 25.6 Å². The molecule has 8 nitrogen and oxygen atoms in total. The molecule has 0 saturated heterocycles. The third kappa shape index (κ3) is 8.29. The van der Waals surface area contributed by atoms with Crippen LogP contribution in [0.3, 0.4) is 0 Å². The molecule has 1 unspecified atom stereocenters. The van der Waals surface area contributed by atoms with Gasteiger partial charge in [-0.3, -0.25) is 19.2 Å². The van der Waals surface area contributed by atoms with E-state index in [9.17, 15) is 19.2 Å². The second-order valence-corrected chi connectivity index (χ2v) is 8.49. The molecule has 160 valence electrons. The van der Waals surface area contributed by atoms with Gasteiger partial charge in [0.15, 0.2) is 5.78 Å². The maximum absolute atomic E-state index is 12.6. The third-order valence-corrected chi connectivity index (χ3v) is 5.30. The Balaban J connectivity index is 2.90. The van der Waals surface area contributed by atoms with Gasteiger partial charge < -0.3 is 20.5 Å². The molecule has 0 radical (unpaired) electrons. The quantitative estimate of drug-likeness (QED) is 0.271. The Labute approximate surface area is 191 Å². The zero-order chi connectivity index (χ0) is 22.1. The number of nitrogens with one attached hydrogen (secondary N) is 2. The second kappa shape index (κ2) is 12.1. The van der Waals surface area contributed by atoms with Gasteiger partial charge in [0, 0.05) is 9.13 Å². The van der Waals surface area contributed by atoms with E-state index in [1.807, 2.05) is 12.1 Å². The number of benzene rings is 1. The molecule has 1 rings (SSSR count). The Morgan fingerprint density at radius 1 is 1.21 bits per heavy atom. The molecular formula is C19H24BrIN2O6. The molecule has 1 aromatic carbocycles. The van der Waals surface area contributed by atoms with E-state index in [-0.39, 0.29) is 23.6 Å². The number of hydrogen-bond acceptors (Lipinski definition) is 5. The van der Waals surface area contributed by atoms with Gasteiger partial charge in [0.25, 0.3) is 0 Å². The lowest BCUT2D eigenvalue weighted by molar-refractivity contribution is -0.140. The van der Waals surface area contributed by atoms with Gasteiger partial charge in [-0.25, -0.2) is 0 Å². The number of amides is 2. The summed E-state index contributed by atoms with van der Waals surface area (Å²) in [6, 6.07) is 3.35. The van der Waals surface area contributed by atoms with Crippen LogP contribution in [0.4, 0.5) is 0 Å². The fourth-order valence-electron chi connectivity index (χ4n) is 2.59. The van der Waals surface area contributed by atoms with Gasteiger partial charge in [0.05, 0.1) is 31.3 Å². The van der Waals surface area contributed by atoms with Gasteiger partial charge in [0.1, 0.15) is 11.8 Å². The summed E-state index contributed by atoms with van der Waals surface area (Å²) < 4.78 is 6.21. The molecule has 29 heavy (non-hydrogen) atoms. The molecule has 0 aliphatic carbocycles. The molecule has 0 heterocycles. The van der Waals surface area contributed by atoms with Crippen molar-refractivity contribution in [3.8, 4) is 5.75 Å². The predicted molar refractivity (Wildman–Crippen MR) is 119 cm³/mol. The molecule has 0 bridgehead atoms. The van der Waals surface area contributed by atoms with Gasteiger partial charge in [0.2, 0.25) is 11.8 Å². The van der Waals surface area contributed by atoms with Crippen LogP contribution in [0.2, 0.25) is 0 Å². The highest BCUT2D eigenvalue weighted by Crippen LogP contribution is 2.21. The summed E-state index contributed by atoms with van der Waals surface area (Å²) >= 11 is 5.11. The molecule has 0 aliphatic rings. The number of halogens is 2. The first-order valence-electron chi connectivity index (χ1n) is 8.81. The van der Waals surface area contributed by atoms with E-state index in [2.05, 4.69) is 49.2 Å². The van der Waals surface area contributed by atoms with E-state index in [4.69, 9.17) is 9.84 Å². The molecule has 1 aromatic rings. The Morgan fingerprint density at radius 3 is 2.38 bits per heavy atom. The van der Waals surface area contributed by atoms with Crippen molar-refractivity contribution in [3.63, 3.8) is 0 Å². The van der Waals surface area contributed by atoms with Crippen molar-refractivity contribution in [1.29, 1.82) is 0 Å². The van der Waals surface area contributed by atoms with Crippen LogP contribution in [0.15, 0.2) is 18.2 Å². The molecule has 0 spiro atoms. The van der Waals surface area contributed by atoms with E-state index >= 15 is 0 Å². The normalized spacial score (nSPS) is 12.8. The van der Waals surface area contributed by atoms with E-state index in [0.29, 0.717) is 11.3 Å². The Morgan fingerprint density at radius 2 is 1.86 bits per heavy atom. The Kier molecular flexibility index (Phi) is 10.6. The lowest BCUT2D eigenvalue weighted by atomic mass is 10.0. The van der Waals surface area contributed by atoms with E-state index in [1.165, 1.54) is 7.11 Å². The van der Waals surface area contributed by atoms with Gasteiger partial charge in [-0.05, 0) is 46.7 Å². The Hall–Kier alpha value is -1.69. The molecular weight excluding hydrogens is 557 g/mol. The summed E-state index contributed by atoms with van der Waals surface area (Å²) in [5.74, 6) is -2.38. The average molecular weight is 581 g/mol. The summed E-state index contributed by atoms with van der Waals surface area (Å²) in [6.45, 7) is 3.49. The van der Waals surface area contributed by atoms with Crippen LogP contribution in [0, 0.1) is 9.49 Å². The lowest BCUT2D eigenvalue weighted by Gasteiger charge is -2.24. The molecule has 3 N–H and O–H groups in total. The van der Waals surface area contributed by atoms with Crippen LogP contribution >= 0.6 is 38.5 Å². The maximum Gasteiger partial charge on any atom is 0.305 e. The van der Waals surface area contributed by atoms with Gasteiger partial charge in [-0.2, -0.15) is 0 Å². The molecule has 0 saturated carbocycles. The molecule has 2 amide bonds. The average Bonchev–Trinajstić information content (AvgIpc) is 2.64. The number of Topliss-reactive ketones (excluding diaryl/α,β-unsaturated/α-hetero) is 1. The van der Waals surface area contributed by atoms with Crippen molar-refractivity contribution in [2.24, 2.45) is 5.92 Å². The van der Waals surface area contributed by atoms with Crippen molar-refractivity contribution >= 4 is 62.1 Å². The highest BCUT2D eigenvalue weighted by Gasteiger charge is 2.29. The topological polar surface area (TPSA) is 122 Å². The highest BCUT2D eigenvalue weighted by atomic mass is 125. The summed E-state index contributed by atoms with van der Waals surface area (Å²) in [7, 11) is 1.51. The number of carboxylic acid groups (broad SMARTS) is 1. The van der Waals surface area contributed by atoms with Crippen LogP contribution < -0.4 is 15.4 Å². The number of aliphatic carboxylic acids is 1. The largest absolute Gasteiger partial charge is 0.496 e. The summed E-state index contributed by atoms with van der Waals surface area (Å²) in [6.07, 6.45) is -0.524. The molecule has 0 aliphatic heterocycles. The van der Waals surface area contributed by atoms with Crippen molar-refractivity contribution < 1.29 is 29.0 Å². The fourth-order valence-corrected chi connectivity index (χ4v) is 3.54. The number of hydrogen-bond donors (Lipinski definition) is 3. The number of carbonyl (C=O) groups excluding carboxylic acids is 3. The summed E-state index contributed by atoms with van der Waals surface area (Å²) in [5.41, 5.74) is 0.679. The zero-order valence-electron chi connectivity index (χ0n) is 16.3. The number of ether oxygens (including phenoxy) is 1. The van der Waals surface area contributed by atoms with Crippen LogP contribution in [0.1, 0.15) is 25.8 Å². The number of carboxylic acids is 1. The minimum absolute atomic E-state index is 0.00933. The first-order chi connectivity index (χ1) is 13.6. The molecule has 10 heteroatoms. The molecule has 2 atom stereocenters. The van der Waals surface area contributed by atoms with Crippen molar-refractivity contribution in [1.82, 2.24) is 10.6 Å². The first kappa shape index (κ1) is 25.3. The number of carbonyl (C=O) groups is 4. The third-order valence-electron chi connectivity index (χ3n) is 4.07. The number of alkyl halides is 1. The fraction of sp³-hybridized carbons (Fsp3) is 0.474.